The van der Waals surface area contributed by atoms with E-state index in [2.05, 4.69) is 41.4 Å². The second kappa shape index (κ2) is 7.28. The number of hydrogen-bond donors (Lipinski definition) is 3. The normalized spacial score (nSPS) is 13.9. The van der Waals surface area contributed by atoms with E-state index in [1.54, 1.807) is 6.33 Å². The van der Waals surface area contributed by atoms with Crippen molar-refractivity contribution in [3.63, 3.8) is 0 Å². The van der Waals surface area contributed by atoms with Crippen LogP contribution >= 0.6 is 0 Å². The van der Waals surface area contributed by atoms with Gasteiger partial charge in [0.2, 0.25) is 0 Å². The fraction of sp³-hybridized carbons (Fsp3) is 0.714. The molecule has 3 N–H and O–H groups in total. The second-order valence-corrected chi connectivity index (χ2v) is 5.06. The predicted molar refractivity (Wildman–Crippen MR) is 79.6 cm³/mol. The summed E-state index contributed by atoms with van der Waals surface area (Å²) in [5.74, 6) is 1.75. The van der Waals surface area contributed by atoms with E-state index in [4.69, 9.17) is 0 Å². The zero-order valence-corrected chi connectivity index (χ0v) is 12.5. The summed E-state index contributed by atoms with van der Waals surface area (Å²) in [4.78, 5) is 8.64. The Balaban J connectivity index is 3.05. The van der Waals surface area contributed by atoms with Gasteiger partial charge >= 0.3 is 0 Å². The summed E-state index contributed by atoms with van der Waals surface area (Å²) in [6.07, 6.45) is 5.17. The maximum absolute atomic E-state index is 9.20. The van der Waals surface area contributed by atoms with Crippen LogP contribution in [0.3, 0.4) is 0 Å². The van der Waals surface area contributed by atoms with E-state index in [1.165, 1.54) is 0 Å². The average Bonchev–Trinajstić information content (AvgIpc) is 2.41. The fourth-order valence-electron chi connectivity index (χ4n) is 2.08. The molecule has 1 aromatic rings. The summed E-state index contributed by atoms with van der Waals surface area (Å²) >= 11 is 0. The molecule has 0 aliphatic heterocycles. The van der Waals surface area contributed by atoms with Crippen LogP contribution in [-0.2, 0) is 6.42 Å². The monoisotopic (exact) mass is 266 g/mol. The first kappa shape index (κ1) is 15.7. The Labute approximate surface area is 115 Å². The van der Waals surface area contributed by atoms with Gasteiger partial charge in [0.15, 0.2) is 0 Å². The molecule has 0 saturated carbocycles. The van der Waals surface area contributed by atoms with Crippen molar-refractivity contribution in [2.45, 2.75) is 52.0 Å². The molecule has 5 nitrogen and oxygen atoms in total. The smallest absolute Gasteiger partial charge is 0.135 e. The quantitative estimate of drug-likeness (QED) is 0.674. The van der Waals surface area contributed by atoms with Crippen molar-refractivity contribution in [3.8, 4) is 0 Å². The van der Waals surface area contributed by atoms with Crippen molar-refractivity contribution < 1.29 is 5.11 Å². The number of aliphatic hydroxyl groups excluding tert-OH is 1. The molecular weight excluding hydrogens is 240 g/mol. The lowest BCUT2D eigenvalue weighted by Gasteiger charge is -2.30. The standard InChI is InChI=1S/C14H26N4O/c1-5-7-11-12(15-4)16-10-17-13(11)18-14(3,6-2)8-9-19/h10,19H,5-9H2,1-4H3,(H2,15,16,17,18). The number of rotatable bonds is 8. The van der Waals surface area contributed by atoms with E-state index >= 15 is 0 Å². The number of aliphatic hydroxyl groups is 1. The van der Waals surface area contributed by atoms with Gasteiger partial charge in [0.25, 0.3) is 0 Å². The van der Waals surface area contributed by atoms with Crippen molar-refractivity contribution >= 4 is 11.6 Å². The summed E-state index contributed by atoms with van der Waals surface area (Å²) < 4.78 is 0. The summed E-state index contributed by atoms with van der Waals surface area (Å²) in [5, 5.41) is 15.8. The number of anilines is 2. The van der Waals surface area contributed by atoms with Crippen molar-refractivity contribution in [2.24, 2.45) is 0 Å². The van der Waals surface area contributed by atoms with Crippen LogP contribution in [0, 0.1) is 0 Å². The van der Waals surface area contributed by atoms with Gasteiger partial charge in [-0.05, 0) is 26.2 Å². The van der Waals surface area contributed by atoms with Crippen LogP contribution < -0.4 is 10.6 Å². The summed E-state index contributed by atoms with van der Waals surface area (Å²) in [5.41, 5.74) is 0.974. The van der Waals surface area contributed by atoms with Crippen molar-refractivity contribution in [2.75, 3.05) is 24.3 Å². The number of nitrogens with one attached hydrogen (secondary N) is 2. The van der Waals surface area contributed by atoms with E-state index in [-0.39, 0.29) is 12.1 Å². The third-order valence-electron chi connectivity index (χ3n) is 3.55. The highest BCUT2D eigenvalue weighted by atomic mass is 16.3. The zero-order chi connectivity index (χ0) is 14.3. The first-order valence-corrected chi connectivity index (χ1v) is 7.00. The Morgan fingerprint density at radius 1 is 1.26 bits per heavy atom. The van der Waals surface area contributed by atoms with Gasteiger partial charge in [-0.2, -0.15) is 0 Å². The van der Waals surface area contributed by atoms with E-state index < -0.39 is 0 Å². The van der Waals surface area contributed by atoms with Crippen LogP contribution in [0.5, 0.6) is 0 Å². The third-order valence-corrected chi connectivity index (χ3v) is 3.55. The molecule has 0 spiro atoms. The van der Waals surface area contributed by atoms with Gasteiger partial charge in [0.05, 0.1) is 0 Å². The van der Waals surface area contributed by atoms with Gasteiger partial charge in [-0.15, -0.1) is 0 Å². The molecule has 5 heteroatoms. The van der Waals surface area contributed by atoms with E-state index in [9.17, 15) is 5.11 Å². The minimum absolute atomic E-state index is 0.142. The molecule has 0 aromatic carbocycles. The molecule has 1 rings (SSSR count). The Morgan fingerprint density at radius 2 is 1.95 bits per heavy atom. The van der Waals surface area contributed by atoms with E-state index in [0.29, 0.717) is 6.42 Å². The molecule has 0 bridgehead atoms. The molecule has 1 unspecified atom stereocenters. The van der Waals surface area contributed by atoms with Crippen LogP contribution in [0.1, 0.15) is 45.6 Å². The Bertz CT molecular complexity index is 397. The SMILES string of the molecule is CCCc1c(NC)ncnc1NC(C)(CC)CCO. The largest absolute Gasteiger partial charge is 0.396 e. The highest BCUT2D eigenvalue weighted by molar-refractivity contribution is 5.58. The molecule has 0 radical (unpaired) electrons. The lowest BCUT2D eigenvalue weighted by Crippen LogP contribution is -2.36. The topological polar surface area (TPSA) is 70.1 Å². The van der Waals surface area contributed by atoms with Gasteiger partial charge in [-0.1, -0.05) is 20.3 Å². The molecule has 0 aliphatic rings. The Kier molecular flexibility index (Phi) is 6.02. The zero-order valence-electron chi connectivity index (χ0n) is 12.5. The molecule has 0 saturated heterocycles. The van der Waals surface area contributed by atoms with Crippen LogP contribution in [0.2, 0.25) is 0 Å². The summed E-state index contributed by atoms with van der Waals surface area (Å²) in [6.45, 7) is 6.54. The van der Waals surface area contributed by atoms with E-state index in [0.717, 1.165) is 36.5 Å². The fourth-order valence-corrected chi connectivity index (χ4v) is 2.08. The minimum atomic E-state index is -0.142. The third kappa shape index (κ3) is 4.06. The first-order chi connectivity index (χ1) is 9.10. The molecule has 1 aromatic heterocycles. The van der Waals surface area contributed by atoms with Crippen LogP contribution in [0.4, 0.5) is 11.6 Å². The van der Waals surface area contributed by atoms with Gasteiger partial charge < -0.3 is 15.7 Å². The number of nitrogens with zero attached hydrogens (tertiary/aromatic N) is 2. The van der Waals surface area contributed by atoms with Crippen LogP contribution in [0.15, 0.2) is 6.33 Å². The van der Waals surface area contributed by atoms with Crippen molar-refractivity contribution in [1.82, 2.24) is 9.97 Å². The summed E-state index contributed by atoms with van der Waals surface area (Å²) in [7, 11) is 1.87. The lowest BCUT2D eigenvalue weighted by molar-refractivity contribution is 0.251. The highest BCUT2D eigenvalue weighted by Crippen LogP contribution is 2.26. The molecule has 1 atom stereocenters. The van der Waals surface area contributed by atoms with Gasteiger partial charge in [-0.3, -0.25) is 0 Å². The molecular formula is C14H26N4O. The summed E-state index contributed by atoms with van der Waals surface area (Å²) in [6, 6.07) is 0. The number of hydrogen-bond acceptors (Lipinski definition) is 5. The van der Waals surface area contributed by atoms with Gasteiger partial charge in [0, 0.05) is 24.8 Å². The lowest BCUT2D eigenvalue weighted by atomic mass is 9.94. The predicted octanol–water partition coefficient (Wildman–Crippen LogP) is 2.43. The average molecular weight is 266 g/mol. The first-order valence-electron chi connectivity index (χ1n) is 7.00. The van der Waals surface area contributed by atoms with Crippen LogP contribution in [0.25, 0.3) is 0 Å². The highest BCUT2D eigenvalue weighted by Gasteiger charge is 2.23. The van der Waals surface area contributed by atoms with Crippen LogP contribution in [-0.4, -0.2) is 34.3 Å². The Hall–Kier alpha value is -1.36. The van der Waals surface area contributed by atoms with Crippen molar-refractivity contribution in [3.05, 3.63) is 11.9 Å². The maximum atomic E-state index is 9.20. The molecule has 0 fully saturated rings. The Morgan fingerprint density at radius 3 is 2.47 bits per heavy atom. The number of aromatic nitrogens is 2. The maximum Gasteiger partial charge on any atom is 0.135 e. The van der Waals surface area contributed by atoms with Gasteiger partial charge in [0.1, 0.15) is 18.0 Å². The van der Waals surface area contributed by atoms with Gasteiger partial charge in [-0.25, -0.2) is 9.97 Å². The van der Waals surface area contributed by atoms with Crippen molar-refractivity contribution in [1.29, 1.82) is 0 Å². The molecule has 19 heavy (non-hydrogen) atoms. The molecule has 108 valence electrons. The second-order valence-electron chi connectivity index (χ2n) is 5.06. The minimum Gasteiger partial charge on any atom is -0.396 e. The molecule has 1 heterocycles. The molecule has 0 aliphatic carbocycles. The molecule has 0 amide bonds. The van der Waals surface area contributed by atoms with E-state index in [1.807, 2.05) is 7.05 Å².